The van der Waals surface area contributed by atoms with E-state index in [9.17, 15) is 18.8 Å². The molecule has 264 valence electrons. The first kappa shape index (κ1) is 38.6. The number of likely N-dealkylation sites (N-methyl/N-ethyl adjacent to an activating group) is 1. The number of nitrogens with one attached hydrogen (secondary N) is 3. The van der Waals surface area contributed by atoms with Crippen molar-refractivity contribution in [1.82, 2.24) is 20.4 Å². The second-order valence-electron chi connectivity index (χ2n) is 12.0. The highest BCUT2D eigenvalue weighted by atomic mass is 19.1. The summed E-state index contributed by atoms with van der Waals surface area (Å²) in [5.41, 5.74) is 8.90. The molecule has 5 N–H and O–H groups in total. The highest BCUT2D eigenvalue weighted by molar-refractivity contribution is 6.35. The van der Waals surface area contributed by atoms with Crippen LogP contribution in [0.15, 0.2) is 48.7 Å². The third-order valence-corrected chi connectivity index (χ3v) is 7.83. The van der Waals surface area contributed by atoms with Gasteiger partial charge in [-0.15, -0.1) is 0 Å². The van der Waals surface area contributed by atoms with Gasteiger partial charge in [-0.05, 0) is 93.8 Å². The molecule has 0 aliphatic carbocycles. The molecule has 0 radical (unpaired) electrons. The quantitative estimate of drug-likeness (QED) is 0.0949. The van der Waals surface area contributed by atoms with Crippen molar-refractivity contribution in [2.75, 3.05) is 78.3 Å². The van der Waals surface area contributed by atoms with Gasteiger partial charge in [0.05, 0.1) is 26.4 Å². The van der Waals surface area contributed by atoms with E-state index in [0.717, 1.165) is 37.1 Å². The molecule has 2 aromatic rings. The molecule has 48 heavy (non-hydrogen) atoms. The molecule has 0 spiro atoms. The van der Waals surface area contributed by atoms with Crippen LogP contribution in [0.1, 0.15) is 52.7 Å². The zero-order valence-corrected chi connectivity index (χ0v) is 28.3. The summed E-state index contributed by atoms with van der Waals surface area (Å²) in [6.45, 7) is 11.4. The van der Waals surface area contributed by atoms with Gasteiger partial charge in [0.2, 0.25) is 0 Å². The average Bonchev–Trinajstić information content (AvgIpc) is 3.07. The number of hydrogen-bond acceptors (Lipinski definition) is 9. The number of carbonyl (C=O) groups is 3. The summed E-state index contributed by atoms with van der Waals surface area (Å²) in [6.07, 6.45) is 4.06. The maximum Gasteiger partial charge on any atom is 0.309 e. The molecular weight excluding hydrogens is 619 g/mol. The summed E-state index contributed by atoms with van der Waals surface area (Å²) < 4.78 is 30.0. The molecule has 1 saturated heterocycles. The zero-order chi connectivity index (χ0) is 34.7. The fraction of sp³-hybridized carbons (Fsp3) is 0.514. The minimum absolute atomic E-state index is 0.142. The van der Waals surface area contributed by atoms with Crippen molar-refractivity contribution in [1.29, 1.82) is 0 Å². The van der Waals surface area contributed by atoms with Gasteiger partial charge in [0.1, 0.15) is 12.6 Å². The molecule has 1 aliphatic heterocycles. The molecular formula is C35H51FN6O6. The maximum atomic E-state index is 14.0. The number of aryl methyl sites for hydroxylation is 1. The van der Waals surface area contributed by atoms with Gasteiger partial charge in [-0.25, -0.2) is 4.39 Å². The molecule has 1 aliphatic rings. The van der Waals surface area contributed by atoms with Crippen LogP contribution in [0.25, 0.3) is 0 Å². The van der Waals surface area contributed by atoms with Gasteiger partial charge < -0.3 is 40.8 Å². The van der Waals surface area contributed by atoms with E-state index in [0.29, 0.717) is 81.5 Å². The lowest BCUT2D eigenvalue weighted by molar-refractivity contribution is -0.139. The second kappa shape index (κ2) is 21.2. The Morgan fingerprint density at radius 3 is 2.42 bits per heavy atom. The number of benzene rings is 2. The highest BCUT2D eigenvalue weighted by Gasteiger charge is 2.18. The van der Waals surface area contributed by atoms with E-state index >= 15 is 0 Å². The third kappa shape index (κ3) is 14.5. The SMILES string of the molecule is C=C(N)COCCOCOCCN(C)CCCNC(=O)C(=O)NCc1ccc(C(=O)Nc2ccc(C)c(F)c2)cc1CN1CCCCC1. The van der Waals surface area contributed by atoms with Crippen molar-refractivity contribution in [3.8, 4) is 0 Å². The number of halogens is 1. The molecule has 0 saturated carbocycles. The zero-order valence-electron chi connectivity index (χ0n) is 28.3. The van der Waals surface area contributed by atoms with Crippen molar-refractivity contribution in [3.05, 3.63) is 76.7 Å². The van der Waals surface area contributed by atoms with Gasteiger partial charge in [0.25, 0.3) is 5.91 Å². The molecule has 0 unspecified atom stereocenters. The van der Waals surface area contributed by atoms with E-state index < -0.39 is 17.6 Å². The van der Waals surface area contributed by atoms with Crippen LogP contribution in [-0.4, -0.2) is 101 Å². The van der Waals surface area contributed by atoms with Crippen molar-refractivity contribution in [2.24, 2.45) is 5.73 Å². The minimum atomic E-state index is -0.720. The Hall–Kier alpha value is -3.88. The average molecular weight is 671 g/mol. The van der Waals surface area contributed by atoms with E-state index in [1.165, 1.54) is 12.5 Å². The smallest absolute Gasteiger partial charge is 0.309 e. The fourth-order valence-electron chi connectivity index (χ4n) is 5.04. The number of piperidine rings is 1. The Morgan fingerprint density at radius 2 is 1.67 bits per heavy atom. The Labute approximate surface area is 283 Å². The van der Waals surface area contributed by atoms with Crippen LogP contribution in [0, 0.1) is 12.7 Å². The van der Waals surface area contributed by atoms with Gasteiger partial charge in [0.15, 0.2) is 0 Å². The van der Waals surface area contributed by atoms with Crippen LogP contribution < -0.4 is 21.7 Å². The fourth-order valence-corrected chi connectivity index (χ4v) is 5.04. The first-order chi connectivity index (χ1) is 23.1. The molecule has 1 heterocycles. The number of ether oxygens (including phenoxy) is 3. The highest BCUT2D eigenvalue weighted by Crippen LogP contribution is 2.20. The standard InChI is InChI=1S/C35H51FN6O6/c1-26-8-11-31(21-32(26)36)40-33(43)28-9-10-29(30(20-28)23-42-14-5-4-6-15-42)22-39-35(45)34(44)38-12-7-13-41(3)16-17-47-25-48-19-18-46-24-27(2)37/h8-11,20-21H,2,4-7,12-19,22-25,37H2,1,3H3,(H,38,44)(H,39,45)(H,40,43). The Balaban J connectivity index is 1.40. The maximum absolute atomic E-state index is 14.0. The second-order valence-corrected chi connectivity index (χ2v) is 12.0. The molecule has 3 rings (SSSR count). The monoisotopic (exact) mass is 670 g/mol. The van der Waals surface area contributed by atoms with Crippen LogP contribution in [0.4, 0.5) is 10.1 Å². The van der Waals surface area contributed by atoms with Crippen LogP contribution in [0.5, 0.6) is 0 Å². The van der Waals surface area contributed by atoms with Crippen molar-refractivity contribution >= 4 is 23.4 Å². The van der Waals surface area contributed by atoms with Crippen LogP contribution >= 0.6 is 0 Å². The molecule has 0 bridgehead atoms. The minimum Gasteiger partial charge on any atom is -0.401 e. The van der Waals surface area contributed by atoms with E-state index in [4.69, 9.17) is 19.9 Å². The summed E-state index contributed by atoms with van der Waals surface area (Å²) in [7, 11) is 1.95. The molecule has 3 amide bonds. The lowest BCUT2D eigenvalue weighted by atomic mass is 10.0. The van der Waals surface area contributed by atoms with Gasteiger partial charge in [-0.1, -0.05) is 25.1 Å². The van der Waals surface area contributed by atoms with Crippen molar-refractivity contribution < 1.29 is 33.0 Å². The van der Waals surface area contributed by atoms with Crippen LogP contribution in [-0.2, 0) is 36.9 Å². The van der Waals surface area contributed by atoms with E-state index in [1.807, 2.05) is 13.1 Å². The molecule has 12 nitrogen and oxygen atoms in total. The van der Waals surface area contributed by atoms with Crippen LogP contribution in [0.3, 0.4) is 0 Å². The largest absolute Gasteiger partial charge is 0.401 e. The summed E-state index contributed by atoms with van der Waals surface area (Å²) in [5, 5.41) is 8.15. The number of rotatable bonds is 20. The van der Waals surface area contributed by atoms with Crippen molar-refractivity contribution in [3.63, 3.8) is 0 Å². The van der Waals surface area contributed by atoms with E-state index in [1.54, 1.807) is 31.2 Å². The first-order valence-corrected chi connectivity index (χ1v) is 16.4. The predicted molar refractivity (Wildman–Crippen MR) is 183 cm³/mol. The van der Waals surface area contributed by atoms with Gasteiger partial charge in [-0.3, -0.25) is 19.3 Å². The Kier molecular flexibility index (Phi) is 17.0. The number of carbonyl (C=O) groups excluding carboxylic acids is 3. The Bertz CT molecular complexity index is 1350. The molecule has 0 aromatic heterocycles. The number of amides is 3. The third-order valence-electron chi connectivity index (χ3n) is 7.83. The number of likely N-dealkylation sites (tertiary alicyclic amines) is 1. The topological polar surface area (TPSA) is 147 Å². The van der Waals surface area contributed by atoms with E-state index in [2.05, 4.69) is 32.3 Å². The van der Waals surface area contributed by atoms with Gasteiger partial charge in [0, 0.05) is 43.1 Å². The summed E-state index contributed by atoms with van der Waals surface area (Å²) in [4.78, 5) is 42.5. The number of nitrogens with two attached hydrogens (primary N) is 1. The van der Waals surface area contributed by atoms with Crippen LogP contribution in [0.2, 0.25) is 0 Å². The number of hydrogen-bond donors (Lipinski definition) is 4. The summed E-state index contributed by atoms with van der Waals surface area (Å²) in [5.74, 6) is -2.16. The van der Waals surface area contributed by atoms with E-state index in [-0.39, 0.29) is 19.2 Å². The Morgan fingerprint density at radius 1 is 0.938 bits per heavy atom. The summed E-state index contributed by atoms with van der Waals surface area (Å²) in [6, 6.07) is 9.85. The van der Waals surface area contributed by atoms with Crippen molar-refractivity contribution in [2.45, 2.75) is 45.7 Å². The first-order valence-electron chi connectivity index (χ1n) is 16.4. The molecule has 0 atom stereocenters. The van der Waals surface area contributed by atoms with Gasteiger partial charge >= 0.3 is 11.8 Å². The molecule has 2 aromatic carbocycles. The normalized spacial score (nSPS) is 13.3. The lowest BCUT2D eigenvalue weighted by Crippen LogP contribution is -2.40. The summed E-state index contributed by atoms with van der Waals surface area (Å²) >= 11 is 0. The van der Waals surface area contributed by atoms with Gasteiger partial charge in [-0.2, -0.15) is 0 Å². The predicted octanol–water partition coefficient (Wildman–Crippen LogP) is 2.91. The molecule has 13 heteroatoms. The number of nitrogens with zero attached hydrogens (tertiary/aromatic N) is 2. The molecule has 1 fully saturated rings. The lowest BCUT2D eigenvalue weighted by Gasteiger charge is -2.27. The number of anilines is 1.